The van der Waals surface area contributed by atoms with Crippen molar-refractivity contribution in [3.05, 3.63) is 87.7 Å². The van der Waals surface area contributed by atoms with Crippen LogP contribution in [0.5, 0.6) is 5.88 Å². The molecule has 33 heavy (non-hydrogen) atoms. The van der Waals surface area contributed by atoms with Gasteiger partial charge in [-0.1, -0.05) is 35.3 Å². The molecule has 8 heteroatoms. The molecule has 1 amide bonds. The van der Waals surface area contributed by atoms with Crippen LogP contribution in [0.1, 0.15) is 21.6 Å². The number of carbonyl (C=O) groups is 2. The van der Waals surface area contributed by atoms with E-state index in [4.69, 9.17) is 27.9 Å². The molecule has 0 fully saturated rings. The Hall–Kier alpha value is -3.35. The van der Waals surface area contributed by atoms with Crippen LogP contribution >= 0.6 is 23.2 Å². The minimum atomic E-state index is -0.670. The minimum absolute atomic E-state index is 0.333. The number of ether oxygens (including phenoxy) is 1. The molecule has 2 aromatic heterocycles. The first-order valence-electron chi connectivity index (χ1n) is 10.2. The van der Waals surface area contributed by atoms with E-state index < -0.39 is 11.7 Å². The number of nitrogens with zero attached hydrogens (tertiary/aromatic N) is 3. The molecule has 4 rings (SSSR count). The fraction of sp³-hybridized carbons (Fsp3) is 0.160. The highest BCUT2D eigenvalue weighted by Gasteiger charge is 2.28. The van der Waals surface area contributed by atoms with E-state index in [1.54, 1.807) is 31.3 Å². The number of hydrogen-bond acceptors (Lipinski definition) is 4. The number of likely N-dealkylation sites (N-methyl/N-ethyl adjacent to an activating group) is 1. The Morgan fingerprint density at radius 1 is 1.03 bits per heavy atom. The molecule has 0 saturated carbocycles. The van der Waals surface area contributed by atoms with Crippen LogP contribution in [0, 0.1) is 6.92 Å². The standard InChI is InChI=1S/C25H21Cl2N3O3/c1-15-23(24(31)25(32)29(2)19-10-11-28-22(13-19)33-3)20-12-18(27)8-9-21(20)30(15)14-16-4-6-17(26)7-5-16/h4-13H,14H2,1-3H3. The van der Waals surface area contributed by atoms with Gasteiger partial charge in [-0.25, -0.2) is 4.98 Å². The van der Waals surface area contributed by atoms with Crippen molar-refractivity contribution in [1.29, 1.82) is 0 Å². The normalized spacial score (nSPS) is 10.9. The van der Waals surface area contributed by atoms with Crippen molar-refractivity contribution >= 4 is 51.5 Å². The fourth-order valence-corrected chi connectivity index (χ4v) is 4.11. The zero-order valence-electron chi connectivity index (χ0n) is 18.3. The van der Waals surface area contributed by atoms with Crippen molar-refractivity contribution in [3.63, 3.8) is 0 Å². The van der Waals surface area contributed by atoms with E-state index in [-0.39, 0.29) is 0 Å². The van der Waals surface area contributed by atoms with Crippen molar-refractivity contribution in [2.24, 2.45) is 0 Å². The summed E-state index contributed by atoms with van der Waals surface area (Å²) in [5, 5.41) is 1.77. The van der Waals surface area contributed by atoms with Crippen molar-refractivity contribution in [1.82, 2.24) is 9.55 Å². The van der Waals surface area contributed by atoms with Gasteiger partial charge in [-0.2, -0.15) is 0 Å². The predicted octanol–water partition coefficient (Wildman–Crippen LogP) is 5.55. The zero-order chi connectivity index (χ0) is 23.7. The Bertz CT molecular complexity index is 1360. The number of pyridine rings is 1. The van der Waals surface area contributed by atoms with Gasteiger partial charge in [-0.3, -0.25) is 9.59 Å². The van der Waals surface area contributed by atoms with Gasteiger partial charge in [0.15, 0.2) is 0 Å². The predicted molar refractivity (Wildman–Crippen MR) is 131 cm³/mol. The number of benzene rings is 2. The van der Waals surface area contributed by atoms with Gasteiger partial charge in [0.25, 0.3) is 11.7 Å². The lowest BCUT2D eigenvalue weighted by atomic mass is 10.1. The Morgan fingerprint density at radius 3 is 2.42 bits per heavy atom. The van der Waals surface area contributed by atoms with E-state index in [0.717, 1.165) is 11.1 Å². The lowest BCUT2D eigenvalue weighted by molar-refractivity contribution is -0.114. The first-order valence-corrected chi connectivity index (χ1v) is 10.9. The van der Waals surface area contributed by atoms with Gasteiger partial charge < -0.3 is 14.2 Å². The summed E-state index contributed by atoms with van der Waals surface area (Å²) in [6, 6.07) is 16.1. The number of rotatable bonds is 6. The van der Waals surface area contributed by atoms with Crippen LogP contribution in [0.25, 0.3) is 10.9 Å². The highest BCUT2D eigenvalue weighted by molar-refractivity contribution is 6.49. The number of fused-ring (bicyclic) bond motifs is 1. The van der Waals surface area contributed by atoms with Crippen molar-refractivity contribution in [2.75, 3.05) is 19.1 Å². The second-order valence-electron chi connectivity index (χ2n) is 7.58. The van der Waals surface area contributed by atoms with Crippen LogP contribution in [0.2, 0.25) is 10.0 Å². The number of aromatic nitrogens is 2. The second-order valence-corrected chi connectivity index (χ2v) is 8.46. The number of halogens is 2. The first-order chi connectivity index (χ1) is 15.8. The maximum atomic E-state index is 13.5. The maximum absolute atomic E-state index is 13.5. The van der Waals surface area contributed by atoms with Crippen molar-refractivity contribution < 1.29 is 14.3 Å². The lowest BCUT2D eigenvalue weighted by Gasteiger charge is -2.17. The zero-order valence-corrected chi connectivity index (χ0v) is 19.8. The molecule has 2 heterocycles. The number of hydrogen-bond donors (Lipinski definition) is 0. The molecule has 168 valence electrons. The summed E-state index contributed by atoms with van der Waals surface area (Å²) in [5.41, 5.74) is 3.35. The quantitative estimate of drug-likeness (QED) is 0.267. The van der Waals surface area contributed by atoms with E-state index in [0.29, 0.717) is 44.8 Å². The van der Waals surface area contributed by atoms with E-state index in [1.807, 2.05) is 41.8 Å². The topological polar surface area (TPSA) is 64.4 Å². The molecular formula is C25H21Cl2N3O3. The third-order valence-electron chi connectivity index (χ3n) is 5.58. The third kappa shape index (κ3) is 4.45. The minimum Gasteiger partial charge on any atom is -0.481 e. The molecule has 0 saturated heterocycles. The van der Waals surface area contributed by atoms with Crippen molar-refractivity contribution in [2.45, 2.75) is 13.5 Å². The molecule has 0 N–H and O–H groups in total. The molecule has 2 aromatic carbocycles. The number of carbonyl (C=O) groups excluding carboxylic acids is 2. The molecule has 6 nitrogen and oxygen atoms in total. The number of anilines is 1. The third-order valence-corrected chi connectivity index (χ3v) is 6.07. The van der Waals surface area contributed by atoms with Gasteiger partial charge in [-0.15, -0.1) is 0 Å². The highest BCUT2D eigenvalue weighted by atomic mass is 35.5. The number of Topliss-reactive ketones (excluding diaryl/α,β-unsaturated/α-hetero) is 1. The summed E-state index contributed by atoms with van der Waals surface area (Å²) in [7, 11) is 3.03. The molecule has 0 spiro atoms. The Balaban J connectivity index is 1.76. The lowest BCUT2D eigenvalue weighted by Crippen LogP contribution is -2.33. The molecule has 0 aliphatic rings. The van der Waals surface area contributed by atoms with Crippen LogP contribution in [0.15, 0.2) is 60.8 Å². The fourth-order valence-electron chi connectivity index (χ4n) is 3.81. The van der Waals surface area contributed by atoms with Crippen LogP contribution in [0.4, 0.5) is 5.69 Å². The number of amides is 1. The van der Waals surface area contributed by atoms with Crippen LogP contribution in [-0.4, -0.2) is 35.4 Å². The Morgan fingerprint density at radius 2 is 1.73 bits per heavy atom. The molecule has 0 aliphatic heterocycles. The number of ketones is 1. The monoisotopic (exact) mass is 481 g/mol. The average molecular weight is 482 g/mol. The van der Waals surface area contributed by atoms with Gasteiger partial charge in [0, 0.05) is 52.5 Å². The smallest absolute Gasteiger partial charge is 0.299 e. The first kappa shape index (κ1) is 22.8. The molecule has 0 aliphatic carbocycles. The van der Waals surface area contributed by atoms with Gasteiger partial charge >= 0.3 is 0 Å². The largest absolute Gasteiger partial charge is 0.481 e. The van der Waals surface area contributed by atoms with Crippen molar-refractivity contribution in [3.8, 4) is 5.88 Å². The van der Waals surface area contributed by atoms with E-state index in [1.165, 1.54) is 18.2 Å². The summed E-state index contributed by atoms with van der Waals surface area (Å²) in [6.45, 7) is 2.35. The van der Waals surface area contributed by atoms with E-state index in [2.05, 4.69) is 4.98 Å². The Labute approximate surface area is 201 Å². The maximum Gasteiger partial charge on any atom is 0.299 e. The summed E-state index contributed by atoms with van der Waals surface area (Å²) in [5.74, 6) is -0.938. The SMILES string of the molecule is COc1cc(N(C)C(=O)C(=O)c2c(C)n(Cc3ccc(Cl)cc3)c3ccc(Cl)cc23)ccn1. The molecular weight excluding hydrogens is 461 g/mol. The Kier molecular flexibility index (Phi) is 6.40. The summed E-state index contributed by atoms with van der Waals surface area (Å²) >= 11 is 12.3. The molecule has 4 aromatic rings. The summed E-state index contributed by atoms with van der Waals surface area (Å²) in [4.78, 5) is 32.0. The van der Waals surface area contributed by atoms with Crippen LogP contribution < -0.4 is 9.64 Å². The van der Waals surface area contributed by atoms with E-state index in [9.17, 15) is 9.59 Å². The molecule has 0 unspecified atom stereocenters. The molecule has 0 atom stereocenters. The van der Waals surface area contributed by atoms with Gasteiger partial charge in [0.1, 0.15) is 0 Å². The number of methoxy groups -OCH3 is 1. The van der Waals surface area contributed by atoms with Gasteiger partial charge in [-0.05, 0) is 48.9 Å². The second kappa shape index (κ2) is 9.25. The van der Waals surface area contributed by atoms with Gasteiger partial charge in [0.05, 0.1) is 18.4 Å². The molecule has 0 radical (unpaired) electrons. The summed E-state index contributed by atoms with van der Waals surface area (Å²) < 4.78 is 7.13. The average Bonchev–Trinajstić information content (AvgIpc) is 3.09. The molecule has 0 bridgehead atoms. The van der Waals surface area contributed by atoms with Crippen LogP contribution in [0.3, 0.4) is 0 Å². The van der Waals surface area contributed by atoms with Crippen LogP contribution in [-0.2, 0) is 11.3 Å². The summed E-state index contributed by atoms with van der Waals surface area (Å²) in [6.07, 6.45) is 1.52. The highest BCUT2D eigenvalue weighted by Crippen LogP contribution is 2.31. The van der Waals surface area contributed by atoms with Gasteiger partial charge in [0.2, 0.25) is 5.88 Å². The van der Waals surface area contributed by atoms with E-state index >= 15 is 0 Å².